The van der Waals surface area contributed by atoms with E-state index in [4.69, 9.17) is 14.7 Å². The predicted molar refractivity (Wildman–Crippen MR) is 125 cm³/mol. The molecule has 4 rings (SSSR count). The fraction of sp³-hybridized carbons (Fsp3) is 0.583. The van der Waals surface area contributed by atoms with Crippen molar-refractivity contribution in [3.8, 4) is 17.3 Å². The number of carbonyl (C=O) groups is 1. The van der Waals surface area contributed by atoms with E-state index in [0.717, 1.165) is 61.6 Å². The van der Waals surface area contributed by atoms with Crippen LogP contribution in [0.15, 0.2) is 18.3 Å². The molecule has 0 unspecified atom stereocenters. The average molecular weight is 439 g/mol. The number of hydrogen-bond donors (Lipinski definition) is 1. The van der Waals surface area contributed by atoms with Gasteiger partial charge in [-0.25, -0.2) is 9.97 Å². The van der Waals surface area contributed by atoms with Crippen LogP contribution in [0.4, 0.5) is 5.82 Å². The highest BCUT2D eigenvalue weighted by Crippen LogP contribution is 2.31. The summed E-state index contributed by atoms with van der Waals surface area (Å²) in [6, 6.07) is 3.81. The van der Waals surface area contributed by atoms with E-state index in [0.29, 0.717) is 11.5 Å². The van der Waals surface area contributed by atoms with Crippen molar-refractivity contribution >= 4 is 11.7 Å². The van der Waals surface area contributed by atoms with Crippen LogP contribution in [0.2, 0.25) is 0 Å². The van der Waals surface area contributed by atoms with Gasteiger partial charge in [0.1, 0.15) is 23.4 Å². The van der Waals surface area contributed by atoms with Gasteiger partial charge in [-0.3, -0.25) is 9.78 Å². The number of fused-ring (bicyclic) bond motifs is 1. The molecule has 8 nitrogen and oxygen atoms in total. The summed E-state index contributed by atoms with van der Waals surface area (Å²) in [7, 11) is 4.02. The lowest BCUT2D eigenvalue weighted by atomic mass is 10.1. The van der Waals surface area contributed by atoms with Gasteiger partial charge in [-0.1, -0.05) is 0 Å². The van der Waals surface area contributed by atoms with E-state index in [-0.39, 0.29) is 24.1 Å². The van der Waals surface area contributed by atoms with E-state index < -0.39 is 0 Å². The van der Waals surface area contributed by atoms with Gasteiger partial charge in [0.25, 0.3) is 0 Å². The second kappa shape index (κ2) is 9.02. The monoisotopic (exact) mass is 438 g/mol. The SMILES string of the molecule is CN1CC[C@H](Oc2ccnc(-c3nc4c(c(N(C)CC(=O)NC(C)(C)C)n3)CCC4)c2)C1. The minimum absolute atomic E-state index is 0.0260. The van der Waals surface area contributed by atoms with Crippen molar-refractivity contribution in [2.45, 2.75) is 58.1 Å². The van der Waals surface area contributed by atoms with Crippen molar-refractivity contribution in [3.05, 3.63) is 29.6 Å². The van der Waals surface area contributed by atoms with Crippen molar-refractivity contribution in [1.29, 1.82) is 0 Å². The van der Waals surface area contributed by atoms with Crippen LogP contribution in [0, 0.1) is 0 Å². The number of amides is 1. The van der Waals surface area contributed by atoms with Crippen LogP contribution >= 0.6 is 0 Å². The van der Waals surface area contributed by atoms with E-state index in [1.165, 1.54) is 0 Å². The molecule has 1 aliphatic heterocycles. The molecule has 2 aromatic rings. The van der Waals surface area contributed by atoms with Gasteiger partial charge < -0.3 is 19.9 Å². The number of rotatable bonds is 6. The molecule has 2 aromatic heterocycles. The topological polar surface area (TPSA) is 83.5 Å². The van der Waals surface area contributed by atoms with Gasteiger partial charge in [0.05, 0.1) is 6.54 Å². The van der Waals surface area contributed by atoms with Crippen LogP contribution in [-0.4, -0.2) is 71.1 Å². The highest BCUT2D eigenvalue weighted by atomic mass is 16.5. The molecule has 1 saturated heterocycles. The van der Waals surface area contributed by atoms with Crippen LogP contribution in [0.1, 0.15) is 44.9 Å². The molecule has 1 atom stereocenters. The molecule has 1 N–H and O–H groups in total. The zero-order chi connectivity index (χ0) is 22.9. The number of nitrogens with one attached hydrogen (secondary N) is 1. The molecule has 1 fully saturated rings. The molecular formula is C24H34N6O2. The van der Waals surface area contributed by atoms with E-state index in [2.05, 4.69) is 22.2 Å². The Labute approximate surface area is 190 Å². The molecule has 0 saturated carbocycles. The molecule has 0 aromatic carbocycles. The van der Waals surface area contributed by atoms with Crippen LogP contribution in [0.25, 0.3) is 11.5 Å². The Morgan fingerprint density at radius 1 is 1.31 bits per heavy atom. The third kappa shape index (κ3) is 5.35. The van der Waals surface area contributed by atoms with Gasteiger partial charge in [-0.2, -0.15) is 0 Å². The van der Waals surface area contributed by atoms with Crippen molar-refractivity contribution in [2.24, 2.45) is 0 Å². The first-order valence-electron chi connectivity index (χ1n) is 11.4. The summed E-state index contributed by atoms with van der Waals surface area (Å²) in [6.45, 7) is 8.17. The number of anilines is 1. The third-order valence-electron chi connectivity index (χ3n) is 5.78. The second-order valence-corrected chi connectivity index (χ2v) is 9.97. The maximum absolute atomic E-state index is 12.5. The maximum atomic E-state index is 12.5. The Hall–Kier alpha value is -2.74. The van der Waals surface area contributed by atoms with Gasteiger partial charge in [0.15, 0.2) is 5.82 Å². The molecule has 8 heteroatoms. The Kier molecular flexibility index (Phi) is 6.33. The van der Waals surface area contributed by atoms with Crippen molar-refractivity contribution in [1.82, 2.24) is 25.2 Å². The highest BCUT2D eigenvalue weighted by molar-refractivity contribution is 5.82. The Bertz CT molecular complexity index is 987. The molecule has 0 spiro atoms. The molecule has 3 heterocycles. The largest absolute Gasteiger partial charge is 0.489 e. The van der Waals surface area contributed by atoms with Gasteiger partial charge in [-0.15, -0.1) is 0 Å². The second-order valence-electron chi connectivity index (χ2n) is 9.97. The van der Waals surface area contributed by atoms with E-state index in [1.54, 1.807) is 6.20 Å². The predicted octanol–water partition coefficient (Wildman–Crippen LogP) is 2.46. The third-order valence-corrected chi connectivity index (χ3v) is 5.78. The molecule has 32 heavy (non-hydrogen) atoms. The van der Waals surface area contributed by atoms with E-state index in [9.17, 15) is 4.79 Å². The summed E-state index contributed by atoms with van der Waals surface area (Å²) in [5.41, 5.74) is 2.62. The molecule has 172 valence electrons. The van der Waals surface area contributed by atoms with Gasteiger partial charge >= 0.3 is 0 Å². The Morgan fingerprint density at radius 2 is 2.12 bits per heavy atom. The molecule has 1 amide bonds. The quantitative estimate of drug-likeness (QED) is 0.742. The summed E-state index contributed by atoms with van der Waals surface area (Å²) < 4.78 is 6.18. The van der Waals surface area contributed by atoms with Crippen molar-refractivity contribution in [3.63, 3.8) is 0 Å². The number of pyridine rings is 1. The van der Waals surface area contributed by atoms with Crippen molar-refractivity contribution < 1.29 is 9.53 Å². The van der Waals surface area contributed by atoms with Crippen LogP contribution < -0.4 is 15.0 Å². The minimum Gasteiger partial charge on any atom is -0.489 e. The maximum Gasteiger partial charge on any atom is 0.239 e. The number of likely N-dealkylation sites (N-methyl/N-ethyl adjacent to an activating group) is 2. The standard InChI is InChI=1S/C24H34N6O2/c1-24(2,3)28-21(31)15-30(5)23-18-7-6-8-19(18)26-22(27-23)20-13-16(9-11-25-20)32-17-10-12-29(4)14-17/h9,11,13,17H,6-8,10,12,14-15H2,1-5H3,(H,28,31)/t17-/m0/s1. The van der Waals surface area contributed by atoms with Gasteiger partial charge in [-0.05, 0) is 59.6 Å². The lowest BCUT2D eigenvalue weighted by Gasteiger charge is -2.25. The van der Waals surface area contributed by atoms with Crippen molar-refractivity contribution in [2.75, 3.05) is 38.6 Å². The average Bonchev–Trinajstić information content (AvgIpc) is 3.34. The minimum atomic E-state index is -0.269. The molecule has 0 bridgehead atoms. The zero-order valence-corrected chi connectivity index (χ0v) is 19.8. The van der Waals surface area contributed by atoms with Crippen LogP contribution in [0.3, 0.4) is 0 Å². The van der Waals surface area contributed by atoms with Gasteiger partial charge in [0.2, 0.25) is 5.91 Å². The first-order valence-corrected chi connectivity index (χ1v) is 11.4. The molecule has 2 aliphatic rings. The smallest absolute Gasteiger partial charge is 0.239 e. The summed E-state index contributed by atoms with van der Waals surface area (Å²) >= 11 is 0. The number of aromatic nitrogens is 3. The number of hydrogen-bond acceptors (Lipinski definition) is 7. The highest BCUT2D eigenvalue weighted by Gasteiger charge is 2.25. The number of carbonyl (C=O) groups excluding carboxylic acids is 1. The van der Waals surface area contributed by atoms with E-state index >= 15 is 0 Å². The summed E-state index contributed by atoms with van der Waals surface area (Å²) in [5, 5.41) is 3.02. The van der Waals surface area contributed by atoms with E-state index in [1.807, 2.05) is 44.9 Å². The Balaban J connectivity index is 1.58. The number of likely N-dealkylation sites (tertiary alicyclic amines) is 1. The normalized spacial score (nSPS) is 18.5. The zero-order valence-electron chi connectivity index (χ0n) is 19.8. The van der Waals surface area contributed by atoms with Crippen LogP contribution in [0.5, 0.6) is 5.75 Å². The lowest BCUT2D eigenvalue weighted by Crippen LogP contribution is -2.45. The number of ether oxygens (including phenoxy) is 1. The number of nitrogens with zero attached hydrogens (tertiary/aromatic N) is 5. The number of aryl methyl sites for hydroxylation is 1. The fourth-order valence-electron chi connectivity index (χ4n) is 4.38. The summed E-state index contributed by atoms with van der Waals surface area (Å²) in [5.74, 6) is 2.16. The summed E-state index contributed by atoms with van der Waals surface area (Å²) in [4.78, 5) is 30.9. The molecular weight excluding hydrogens is 404 g/mol. The Morgan fingerprint density at radius 3 is 2.84 bits per heavy atom. The summed E-state index contributed by atoms with van der Waals surface area (Å²) in [6.07, 6.45) is 5.87. The first-order chi connectivity index (χ1) is 15.2. The molecule has 1 aliphatic carbocycles. The first kappa shape index (κ1) is 22.5. The molecule has 0 radical (unpaired) electrons. The van der Waals surface area contributed by atoms with Crippen LogP contribution in [-0.2, 0) is 17.6 Å². The van der Waals surface area contributed by atoms with Gasteiger partial charge in [0, 0.05) is 49.2 Å². The fourth-order valence-corrected chi connectivity index (χ4v) is 4.38. The lowest BCUT2D eigenvalue weighted by molar-refractivity contribution is -0.121.